The van der Waals surface area contributed by atoms with Gasteiger partial charge in [0.2, 0.25) is 10.0 Å². The van der Waals surface area contributed by atoms with E-state index in [1.165, 1.54) is 28.6 Å². The number of rotatable bonds is 7. The molecule has 1 aliphatic rings. The predicted molar refractivity (Wildman–Crippen MR) is 133 cm³/mol. The van der Waals surface area contributed by atoms with Gasteiger partial charge >= 0.3 is 0 Å². The van der Waals surface area contributed by atoms with E-state index >= 15 is 0 Å². The monoisotopic (exact) mass is 496 g/mol. The zero-order valence-electron chi connectivity index (χ0n) is 19.8. The van der Waals surface area contributed by atoms with Crippen molar-refractivity contribution < 1.29 is 27.4 Å². The fraction of sp³-hybridized carbons (Fsp3) is 0.269. The third-order valence-electron chi connectivity index (χ3n) is 5.55. The van der Waals surface area contributed by atoms with Crippen LogP contribution < -0.4 is 14.8 Å². The molecule has 1 aliphatic heterocycles. The van der Waals surface area contributed by atoms with E-state index in [0.29, 0.717) is 41.6 Å². The van der Waals surface area contributed by atoms with Gasteiger partial charge < -0.3 is 19.5 Å². The minimum Gasteiger partial charge on any atom is -0.493 e. The molecule has 184 valence electrons. The Labute approximate surface area is 205 Å². The van der Waals surface area contributed by atoms with E-state index < -0.39 is 10.0 Å². The van der Waals surface area contributed by atoms with Crippen molar-refractivity contribution in [2.45, 2.75) is 31.0 Å². The lowest BCUT2D eigenvalue weighted by Gasteiger charge is -2.34. The highest BCUT2D eigenvalue weighted by Crippen LogP contribution is 2.31. The van der Waals surface area contributed by atoms with Crippen molar-refractivity contribution in [3.63, 3.8) is 0 Å². The molecule has 9 heteroatoms. The van der Waals surface area contributed by atoms with Crippen LogP contribution in [-0.2, 0) is 14.8 Å². The molecule has 1 N–H and O–H groups in total. The molecule has 0 aromatic heterocycles. The molecular weight excluding hydrogens is 468 g/mol. The predicted octanol–water partition coefficient (Wildman–Crippen LogP) is 4.54. The molecule has 35 heavy (non-hydrogen) atoms. The lowest BCUT2D eigenvalue weighted by molar-refractivity contribution is -0.0440. The number of para-hydroxylation sites is 2. The Morgan fingerprint density at radius 3 is 2.11 bits per heavy atom. The van der Waals surface area contributed by atoms with Gasteiger partial charge in [0, 0.05) is 24.3 Å². The van der Waals surface area contributed by atoms with Crippen LogP contribution in [0.5, 0.6) is 17.2 Å². The van der Waals surface area contributed by atoms with Gasteiger partial charge in [-0.1, -0.05) is 12.1 Å². The molecule has 2 unspecified atom stereocenters. The Bertz CT molecular complexity index is 1270. The molecular formula is C26H28N2O6S. The van der Waals surface area contributed by atoms with E-state index in [9.17, 15) is 13.2 Å². The molecule has 1 heterocycles. The van der Waals surface area contributed by atoms with E-state index in [2.05, 4.69) is 5.32 Å². The van der Waals surface area contributed by atoms with Crippen LogP contribution in [0.4, 0.5) is 5.69 Å². The summed E-state index contributed by atoms with van der Waals surface area (Å²) in [5.41, 5.74) is 0.928. The number of nitrogens with one attached hydrogen (secondary N) is 1. The fourth-order valence-electron chi connectivity index (χ4n) is 3.89. The van der Waals surface area contributed by atoms with Crippen LogP contribution in [0.1, 0.15) is 24.2 Å². The number of ether oxygens (including phenoxy) is 3. The standard InChI is InChI=1S/C26H28N2O6S/c1-18-16-28(17-19(2)33-18)35(30,31)23-14-8-20(9-15-23)26(29)27-21-10-12-22(13-11-21)34-25-7-5-4-6-24(25)32-3/h4-15,18-19H,16-17H2,1-3H3,(H,27,29). The summed E-state index contributed by atoms with van der Waals surface area (Å²) in [7, 11) is -2.09. The number of hydrogen-bond donors (Lipinski definition) is 1. The van der Waals surface area contributed by atoms with Gasteiger partial charge in [0.25, 0.3) is 5.91 Å². The first-order valence-electron chi connectivity index (χ1n) is 11.2. The molecule has 1 saturated heterocycles. The number of amides is 1. The number of sulfonamides is 1. The first kappa shape index (κ1) is 24.7. The zero-order chi connectivity index (χ0) is 25.0. The SMILES string of the molecule is COc1ccccc1Oc1ccc(NC(=O)c2ccc(S(=O)(=O)N3CC(C)OC(C)C3)cc2)cc1. The Morgan fingerprint density at radius 2 is 1.51 bits per heavy atom. The first-order chi connectivity index (χ1) is 16.8. The summed E-state index contributed by atoms with van der Waals surface area (Å²) >= 11 is 0. The Morgan fingerprint density at radius 1 is 0.914 bits per heavy atom. The van der Waals surface area contributed by atoms with Crippen molar-refractivity contribution in [3.8, 4) is 17.2 Å². The molecule has 0 saturated carbocycles. The molecule has 0 aliphatic carbocycles. The van der Waals surface area contributed by atoms with E-state index in [1.54, 1.807) is 37.4 Å². The maximum Gasteiger partial charge on any atom is 0.255 e. The number of nitrogens with zero attached hydrogens (tertiary/aromatic N) is 1. The summed E-state index contributed by atoms with van der Waals surface area (Å²) in [6, 6.07) is 20.2. The highest BCUT2D eigenvalue weighted by molar-refractivity contribution is 7.89. The molecule has 2 atom stereocenters. The van der Waals surface area contributed by atoms with Crippen molar-refractivity contribution in [2.75, 3.05) is 25.5 Å². The number of carbonyl (C=O) groups is 1. The van der Waals surface area contributed by atoms with Crippen LogP contribution in [-0.4, -0.2) is 51.0 Å². The number of carbonyl (C=O) groups excluding carboxylic acids is 1. The zero-order valence-corrected chi connectivity index (χ0v) is 20.6. The van der Waals surface area contributed by atoms with Crippen LogP contribution in [0.25, 0.3) is 0 Å². The van der Waals surface area contributed by atoms with Crippen molar-refractivity contribution in [1.82, 2.24) is 4.31 Å². The minimum atomic E-state index is -3.67. The molecule has 3 aromatic rings. The van der Waals surface area contributed by atoms with E-state index in [-0.39, 0.29) is 23.0 Å². The van der Waals surface area contributed by atoms with Gasteiger partial charge in [-0.3, -0.25) is 4.79 Å². The van der Waals surface area contributed by atoms with Crippen molar-refractivity contribution in [2.24, 2.45) is 0 Å². The molecule has 0 radical (unpaired) electrons. The highest BCUT2D eigenvalue weighted by Gasteiger charge is 2.32. The van der Waals surface area contributed by atoms with Crippen molar-refractivity contribution in [3.05, 3.63) is 78.4 Å². The summed E-state index contributed by atoms with van der Waals surface area (Å²) in [5.74, 6) is 1.45. The molecule has 3 aromatic carbocycles. The summed E-state index contributed by atoms with van der Waals surface area (Å²) in [5, 5.41) is 2.81. The maximum atomic E-state index is 13.0. The van der Waals surface area contributed by atoms with Crippen LogP contribution in [0.15, 0.2) is 77.7 Å². The Balaban J connectivity index is 1.40. The lowest BCUT2D eigenvalue weighted by Crippen LogP contribution is -2.48. The van der Waals surface area contributed by atoms with E-state index in [0.717, 1.165) is 0 Å². The van der Waals surface area contributed by atoms with Gasteiger partial charge in [0.1, 0.15) is 5.75 Å². The average Bonchev–Trinajstić information content (AvgIpc) is 2.85. The Kier molecular flexibility index (Phi) is 7.39. The van der Waals surface area contributed by atoms with E-state index in [1.807, 2.05) is 32.0 Å². The van der Waals surface area contributed by atoms with Gasteiger partial charge in [-0.15, -0.1) is 0 Å². The summed E-state index contributed by atoms with van der Waals surface area (Å²) in [6.45, 7) is 4.29. The molecule has 1 fully saturated rings. The molecule has 8 nitrogen and oxygen atoms in total. The maximum absolute atomic E-state index is 13.0. The topological polar surface area (TPSA) is 94.2 Å². The molecule has 0 bridgehead atoms. The third-order valence-corrected chi connectivity index (χ3v) is 7.40. The third kappa shape index (κ3) is 5.82. The van der Waals surface area contributed by atoms with Crippen LogP contribution in [0, 0.1) is 0 Å². The number of benzene rings is 3. The second kappa shape index (κ2) is 10.5. The second-order valence-electron chi connectivity index (χ2n) is 8.34. The lowest BCUT2D eigenvalue weighted by atomic mass is 10.2. The van der Waals surface area contributed by atoms with Crippen molar-refractivity contribution in [1.29, 1.82) is 0 Å². The number of methoxy groups -OCH3 is 1. The normalized spacial score (nSPS) is 18.6. The smallest absolute Gasteiger partial charge is 0.255 e. The van der Waals surface area contributed by atoms with Gasteiger partial charge in [-0.05, 0) is 74.5 Å². The van der Waals surface area contributed by atoms with Gasteiger partial charge in [0.15, 0.2) is 11.5 Å². The number of hydrogen-bond acceptors (Lipinski definition) is 6. The van der Waals surface area contributed by atoms with Crippen LogP contribution in [0.2, 0.25) is 0 Å². The summed E-state index contributed by atoms with van der Waals surface area (Å²) in [4.78, 5) is 12.8. The van der Waals surface area contributed by atoms with E-state index in [4.69, 9.17) is 14.2 Å². The first-order valence-corrected chi connectivity index (χ1v) is 12.7. The van der Waals surface area contributed by atoms with Crippen molar-refractivity contribution >= 4 is 21.6 Å². The molecule has 1 amide bonds. The average molecular weight is 497 g/mol. The second-order valence-corrected chi connectivity index (χ2v) is 10.3. The summed E-state index contributed by atoms with van der Waals surface area (Å²) in [6.07, 6.45) is -0.352. The minimum absolute atomic E-state index is 0.146. The van der Waals surface area contributed by atoms with Gasteiger partial charge in [0.05, 0.1) is 24.2 Å². The van der Waals surface area contributed by atoms with Gasteiger partial charge in [-0.2, -0.15) is 4.31 Å². The summed E-state index contributed by atoms with van der Waals surface area (Å²) < 4.78 is 44.2. The van der Waals surface area contributed by atoms with Gasteiger partial charge in [-0.25, -0.2) is 8.42 Å². The fourth-order valence-corrected chi connectivity index (χ4v) is 5.48. The quantitative estimate of drug-likeness (QED) is 0.516. The van der Waals surface area contributed by atoms with Crippen LogP contribution in [0.3, 0.4) is 0 Å². The molecule has 4 rings (SSSR count). The van der Waals surface area contributed by atoms with Crippen LogP contribution >= 0.6 is 0 Å². The Hall–Kier alpha value is -3.40. The largest absolute Gasteiger partial charge is 0.493 e. The number of anilines is 1. The number of morpholine rings is 1. The highest BCUT2D eigenvalue weighted by atomic mass is 32.2. The molecule has 0 spiro atoms.